The fourth-order valence-electron chi connectivity index (χ4n) is 2.56. The SMILES string of the molecule is O=C(CCl)N1CCCC1CC(O)c1ccc(F)cc1. The van der Waals surface area contributed by atoms with Crippen LogP contribution in [0.15, 0.2) is 24.3 Å². The first-order chi connectivity index (χ1) is 9.11. The molecule has 0 spiro atoms. The van der Waals surface area contributed by atoms with Crippen molar-refractivity contribution in [2.24, 2.45) is 0 Å². The Kier molecular flexibility index (Phi) is 4.77. The van der Waals surface area contributed by atoms with Gasteiger partial charge in [-0.2, -0.15) is 0 Å². The maximum absolute atomic E-state index is 12.8. The third-order valence-electron chi connectivity index (χ3n) is 3.56. The molecule has 3 nitrogen and oxygen atoms in total. The molecule has 1 amide bonds. The summed E-state index contributed by atoms with van der Waals surface area (Å²) in [4.78, 5) is 13.4. The van der Waals surface area contributed by atoms with Gasteiger partial charge in [0.1, 0.15) is 11.7 Å². The second-order valence-electron chi connectivity index (χ2n) is 4.82. The van der Waals surface area contributed by atoms with E-state index in [1.807, 2.05) is 0 Å². The summed E-state index contributed by atoms with van der Waals surface area (Å²) >= 11 is 5.57. The lowest BCUT2D eigenvalue weighted by Crippen LogP contribution is -2.37. The molecular weight excluding hydrogens is 269 g/mol. The molecule has 2 atom stereocenters. The number of likely N-dealkylation sites (tertiary alicyclic amines) is 1. The molecule has 0 radical (unpaired) electrons. The topological polar surface area (TPSA) is 40.5 Å². The van der Waals surface area contributed by atoms with Gasteiger partial charge in [0.25, 0.3) is 0 Å². The molecule has 5 heteroatoms. The van der Waals surface area contributed by atoms with Gasteiger partial charge in [-0.15, -0.1) is 11.6 Å². The number of carbonyl (C=O) groups is 1. The molecule has 0 aromatic heterocycles. The number of halogens is 2. The summed E-state index contributed by atoms with van der Waals surface area (Å²) in [6.45, 7) is 0.701. The molecule has 19 heavy (non-hydrogen) atoms. The van der Waals surface area contributed by atoms with Gasteiger partial charge >= 0.3 is 0 Å². The normalized spacial score (nSPS) is 20.6. The summed E-state index contributed by atoms with van der Waals surface area (Å²) in [6.07, 6.45) is 1.59. The van der Waals surface area contributed by atoms with Gasteiger partial charge in [0.2, 0.25) is 5.91 Å². The maximum atomic E-state index is 12.8. The second kappa shape index (κ2) is 6.35. The van der Waals surface area contributed by atoms with Crippen LogP contribution in [0.3, 0.4) is 0 Å². The highest BCUT2D eigenvalue weighted by Crippen LogP contribution is 2.27. The maximum Gasteiger partial charge on any atom is 0.237 e. The van der Waals surface area contributed by atoms with Crippen molar-refractivity contribution in [1.82, 2.24) is 4.90 Å². The number of hydrogen-bond donors (Lipinski definition) is 1. The van der Waals surface area contributed by atoms with Gasteiger partial charge in [0.15, 0.2) is 0 Å². The Morgan fingerprint density at radius 2 is 2.16 bits per heavy atom. The number of aliphatic hydroxyl groups excluding tert-OH is 1. The monoisotopic (exact) mass is 285 g/mol. The van der Waals surface area contributed by atoms with Crippen LogP contribution < -0.4 is 0 Å². The minimum atomic E-state index is -0.686. The summed E-state index contributed by atoms with van der Waals surface area (Å²) in [5.74, 6) is -0.436. The standard InChI is InChI=1S/C14H17ClFNO2/c15-9-14(19)17-7-1-2-12(17)8-13(18)10-3-5-11(16)6-4-10/h3-6,12-13,18H,1-2,7-9H2. The number of alkyl halides is 1. The van der Waals surface area contributed by atoms with Crippen LogP contribution in [0, 0.1) is 5.82 Å². The molecule has 2 unspecified atom stereocenters. The van der Waals surface area contributed by atoms with E-state index in [0.717, 1.165) is 12.8 Å². The molecule has 0 aliphatic carbocycles. The molecule has 2 rings (SSSR count). The van der Waals surface area contributed by atoms with Crippen molar-refractivity contribution >= 4 is 17.5 Å². The fourth-order valence-corrected chi connectivity index (χ4v) is 2.72. The predicted octanol–water partition coefficient (Wildman–Crippen LogP) is 2.48. The summed E-state index contributed by atoms with van der Waals surface area (Å²) in [5, 5.41) is 10.2. The Bertz CT molecular complexity index is 438. The van der Waals surface area contributed by atoms with Crippen molar-refractivity contribution in [3.8, 4) is 0 Å². The number of benzene rings is 1. The molecule has 0 bridgehead atoms. The van der Waals surface area contributed by atoms with Crippen molar-refractivity contribution in [3.63, 3.8) is 0 Å². The second-order valence-corrected chi connectivity index (χ2v) is 5.09. The smallest absolute Gasteiger partial charge is 0.237 e. The van der Waals surface area contributed by atoms with E-state index in [9.17, 15) is 14.3 Å². The lowest BCUT2D eigenvalue weighted by Gasteiger charge is -2.26. The Labute approximate surface area is 117 Å². The van der Waals surface area contributed by atoms with Gasteiger partial charge in [0.05, 0.1) is 6.10 Å². The van der Waals surface area contributed by atoms with E-state index < -0.39 is 6.10 Å². The van der Waals surface area contributed by atoms with Crippen LogP contribution in [0.25, 0.3) is 0 Å². The first-order valence-electron chi connectivity index (χ1n) is 6.40. The lowest BCUT2D eigenvalue weighted by molar-refractivity contribution is -0.129. The molecule has 1 N–H and O–H groups in total. The Hall–Kier alpha value is -1.13. The van der Waals surface area contributed by atoms with Crippen molar-refractivity contribution in [2.45, 2.75) is 31.4 Å². The van der Waals surface area contributed by atoms with Gasteiger partial charge < -0.3 is 10.0 Å². The van der Waals surface area contributed by atoms with Crippen molar-refractivity contribution in [3.05, 3.63) is 35.6 Å². The molecule has 1 aromatic carbocycles. The first kappa shape index (κ1) is 14.3. The first-order valence-corrected chi connectivity index (χ1v) is 6.94. The van der Waals surface area contributed by atoms with Crippen LogP contribution in [0.4, 0.5) is 4.39 Å². The van der Waals surface area contributed by atoms with Gasteiger partial charge in [-0.05, 0) is 37.0 Å². The number of amides is 1. The van der Waals surface area contributed by atoms with Gasteiger partial charge in [-0.3, -0.25) is 4.79 Å². The number of aliphatic hydroxyl groups is 1. The molecule has 1 aromatic rings. The number of hydrogen-bond acceptors (Lipinski definition) is 2. The summed E-state index contributed by atoms with van der Waals surface area (Å²) in [5.41, 5.74) is 0.673. The lowest BCUT2D eigenvalue weighted by atomic mass is 10.0. The van der Waals surface area contributed by atoms with Crippen LogP contribution in [-0.4, -0.2) is 34.4 Å². The van der Waals surface area contributed by atoms with E-state index >= 15 is 0 Å². The molecule has 1 saturated heterocycles. The van der Waals surface area contributed by atoms with E-state index in [1.54, 1.807) is 17.0 Å². The molecule has 0 saturated carbocycles. The number of carbonyl (C=O) groups excluding carboxylic acids is 1. The Morgan fingerprint density at radius 3 is 2.79 bits per heavy atom. The molecule has 1 aliphatic rings. The van der Waals surface area contributed by atoms with Crippen molar-refractivity contribution in [2.75, 3.05) is 12.4 Å². The zero-order chi connectivity index (χ0) is 13.8. The van der Waals surface area contributed by atoms with Gasteiger partial charge in [0, 0.05) is 12.6 Å². The minimum absolute atomic E-state index is 0.0197. The molecule has 104 valence electrons. The zero-order valence-corrected chi connectivity index (χ0v) is 11.3. The van der Waals surface area contributed by atoms with Crippen LogP contribution in [0.2, 0.25) is 0 Å². The zero-order valence-electron chi connectivity index (χ0n) is 10.6. The molecule has 1 aliphatic heterocycles. The average molecular weight is 286 g/mol. The van der Waals surface area contributed by atoms with E-state index in [-0.39, 0.29) is 23.6 Å². The molecule has 1 fully saturated rings. The van der Waals surface area contributed by atoms with Crippen molar-refractivity contribution < 1.29 is 14.3 Å². The van der Waals surface area contributed by atoms with E-state index in [0.29, 0.717) is 18.5 Å². The highest BCUT2D eigenvalue weighted by atomic mass is 35.5. The van der Waals surface area contributed by atoms with Crippen molar-refractivity contribution in [1.29, 1.82) is 0 Å². The predicted molar refractivity (Wildman–Crippen MR) is 71.4 cm³/mol. The van der Waals surface area contributed by atoms with E-state index in [4.69, 9.17) is 11.6 Å². The average Bonchev–Trinajstić information content (AvgIpc) is 2.86. The van der Waals surface area contributed by atoms with Crippen LogP contribution in [-0.2, 0) is 4.79 Å². The third kappa shape index (κ3) is 3.45. The van der Waals surface area contributed by atoms with Gasteiger partial charge in [-0.25, -0.2) is 4.39 Å². The summed E-state index contributed by atoms with van der Waals surface area (Å²) in [6, 6.07) is 5.82. The quantitative estimate of drug-likeness (QED) is 0.864. The van der Waals surface area contributed by atoms with E-state index in [1.165, 1.54) is 12.1 Å². The summed E-state index contributed by atoms with van der Waals surface area (Å²) in [7, 11) is 0. The van der Waals surface area contributed by atoms with Crippen LogP contribution in [0.1, 0.15) is 30.9 Å². The Morgan fingerprint density at radius 1 is 1.47 bits per heavy atom. The van der Waals surface area contributed by atoms with Gasteiger partial charge in [-0.1, -0.05) is 12.1 Å². The largest absolute Gasteiger partial charge is 0.388 e. The Balaban J connectivity index is 2.00. The highest BCUT2D eigenvalue weighted by molar-refractivity contribution is 6.27. The minimum Gasteiger partial charge on any atom is -0.388 e. The van der Waals surface area contributed by atoms with E-state index in [2.05, 4.69) is 0 Å². The highest BCUT2D eigenvalue weighted by Gasteiger charge is 2.30. The molecule has 1 heterocycles. The summed E-state index contributed by atoms with van der Waals surface area (Å²) < 4.78 is 12.8. The number of nitrogens with zero attached hydrogens (tertiary/aromatic N) is 1. The fraction of sp³-hybridized carbons (Fsp3) is 0.500. The third-order valence-corrected chi connectivity index (χ3v) is 3.79. The number of rotatable bonds is 4. The molecular formula is C14H17ClFNO2. The van der Waals surface area contributed by atoms with Crippen LogP contribution >= 0.6 is 11.6 Å². The van der Waals surface area contributed by atoms with Crippen LogP contribution in [0.5, 0.6) is 0 Å².